The van der Waals surface area contributed by atoms with Crippen LogP contribution in [-0.2, 0) is 17.6 Å². The van der Waals surface area contributed by atoms with E-state index < -0.39 is 0 Å². The monoisotopic (exact) mass is 362 g/mol. The van der Waals surface area contributed by atoms with E-state index in [1.807, 2.05) is 48.2 Å². The van der Waals surface area contributed by atoms with E-state index in [4.69, 9.17) is 10.5 Å². The smallest absolute Gasteiger partial charge is 0.227 e. The molecule has 0 aromatic heterocycles. The van der Waals surface area contributed by atoms with Gasteiger partial charge in [-0.05, 0) is 36.1 Å². The summed E-state index contributed by atoms with van der Waals surface area (Å²) in [6.07, 6.45) is 1.20. The lowest BCUT2D eigenvalue weighted by Crippen LogP contribution is -2.37. The molecule has 0 fully saturated rings. The molecule has 2 rings (SSSR count). The average Bonchev–Trinajstić information content (AvgIpc) is 2.61. The van der Waals surface area contributed by atoms with E-state index in [0.29, 0.717) is 26.1 Å². The Balaban J connectivity index is 0.00000312. The molecule has 136 valence electrons. The van der Waals surface area contributed by atoms with Crippen LogP contribution in [0.4, 0.5) is 0 Å². The molecule has 1 amide bonds. The molecule has 0 heterocycles. The Kier molecular flexibility index (Phi) is 9.03. The zero-order chi connectivity index (χ0) is 17.4. The molecular formula is C20H27ClN2O2. The number of hydrogen-bond acceptors (Lipinski definition) is 3. The molecule has 2 N–H and O–H groups in total. The second-order valence-electron chi connectivity index (χ2n) is 5.89. The molecule has 0 radical (unpaired) electrons. The van der Waals surface area contributed by atoms with Crippen molar-refractivity contribution in [2.24, 2.45) is 5.73 Å². The summed E-state index contributed by atoms with van der Waals surface area (Å²) in [6.45, 7) is 3.72. The Labute approximate surface area is 156 Å². The van der Waals surface area contributed by atoms with Gasteiger partial charge in [-0.2, -0.15) is 0 Å². The van der Waals surface area contributed by atoms with Crippen molar-refractivity contribution in [2.75, 3.05) is 26.7 Å². The molecule has 2 aromatic rings. The number of carbonyl (C=O) groups excluding carboxylic acids is 1. The summed E-state index contributed by atoms with van der Waals surface area (Å²) in [5.74, 6) is 0.914. The highest BCUT2D eigenvalue weighted by Gasteiger charge is 2.14. The zero-order valence-corrected chi connectivity index (χ0v) is 15.7. The van der Waals surface area contributed by atoms with Crippen LogP contribution in [0.3, 0.4) is 0 Å². The van der Waals surface area contributed by atoms with Gasteiger partial charge < -0.3 is 15.4 Å². The number of methoxy groups -OCH3 is 1. The van der Waals surface area contributed by atoms with E-state index in [1.54, 1.807) is 7.11 Å². The van der Waals surface area contributed by atoms with Crippen molar-refractivity contribution in [1.82, 2.24) is 4.90 Å². The van der Waals surface area contributed by atoms with Gasteiger partial charge in [-0.1, -0.05) is 42.5 Å². The van der Waals surface area contributed by atoms with Crippen molar-refractivity contribution in [2.45, 2.75) is 19.8 Å². The van der Waals surface area contributed by atoms with E-state index in [0.717, 1.165) is 23.3 Å². The SMILES string of the molecule is COc1cc(CC(=O)N(CCN)CCc2ccccc2)ccc1C.Cl. The first-order valence-electron chi connectivity index (χ1n) is 8.29. The third kappa shape index (κ3) is 6.40. The fraction of sp³-hybridized carbons (Fsp3) is 0.350. The fourth-order valence-corrected chi connectivity index (χ4v) is 2.69. The first kappa shape index (κ1) is 21.0. The minimum atomic E-state index is 0. The van der Waals surface area contributed by atoms with E-state index in [9.17, 15) is 4.79 Å². The number of amides is 1. The largest absolute Gasteiger partial charge is 0.496 e. The van der Waals surface area contributed by atoms with Crippen molar-refractivity contribution in [3.8, 4) is 5.75 Å². The molecule has 0 spiro atoms. The summed E-state index contributed by atoms with van der Waals surface area (Å²) in [6, 6.07) is 16.1. The van der Waals surface area contributed by atoms with E-state index >= 15 is 0 Å². The maximum Gasteiger partial charge on any atom is 0.227 e. The lowest BCUT2D eigenvalue weighted by molar-refractivity contribution is -0.130. The van der Waals surface area contributed by atoms with Crippen LogP contribution in [-0.4, -0.2) is 37.6 Å². The molecule has 0 saturated carbocycles. The Morgan fingerprint density at radius 3 is 2.44 bits per heavy atom. The number of aryl methyl sites for hydroxylation is 1. The number of nitrogens with zero attached hydrogens (tertiary/aromatic N) is 1. The maximum absolute atomic E-state index is 12.6. The van der Waals surface area contributed by atoms with Gasteiger partial charge in [0.15, 0.2) is 0 Å². The van der Waals surface area contributed by atoms with Crippen LogP contribution in [0.5, 0.6) is 5.75 Å². The molecule has 0 unspecified atom stereocenters. The number of halogens is 1. The molecule has 25 heavy (non-hydrogen) atoms. The number of benzene rings is 2. The molecule has 0 saturated heterocycles. The molecule has 4 nitrogen and oxygen atoms in total. The van der Waals surface area contributed by atoms with Crippen molar-refractivity contribution >= 4 is 18.3 Å². The standard InChI is InChI=1S/C20H26N2O2.ClH/c1-16-8-9-18(14-19(16)24-2)15-20(23)22(13-11-21)12-10-17-6-4-3-5-7-17;/h3-9,14H,10-13,15,21H2,1-2H3;1H. The molecule has 0 aliphatic carbocycles. The Morgan fingerprint density at radius 2 is 1.80 bits per heavy atom. The van der Waals surface area contributed by atoms with Crippen LogP contribution in [0.1, 0.15) is 16.7 Å². The average molecular weight is 363 g/mol. The maximum atomic E-state index is 12.6. The van der Waals surface area contributed by atoms with Gasteiger partial charge in [0.2, 0.25) is 5.91 Å². The lowest BCUT2D eigenvalue weighted by atomic mass is 10.1. The Hall–Kier alpha value is -2.04. The van der Waals surface area contributed by atoms with Crippen LogP contribution in [0.25, 0.3) is 0 Å². The highest BCUT2D eigenvalue weighted by atomic mass is 35.5. The number of carbonyl (C=O) groups is 1. The van der Waals surface area contributed by atoms with Gasteiger partial charge in [-0.3, -0.25) is 4.79 Å². The normalized spacial score (nSPS) is 10.0. The number of nitrogens with two attached hydrogens (primary N) is 1. The summed E-state index contributed by atoms with van der Waals surface area (Å²) in [5, 5.41) is 0. The van der Waals surface area contributed by atoms with Crippen LogP contribution in [0, 0.1) is 6.92 Å². The van der Waals surface area contributed by atoms with Crippen molar-refractivity contribution in [3.05, 3.63) is 65.2 Å². The van der Waals surface area contributed by atoms with Crippen molar-refractivity contribution < 1.29 is 9.53 Å². The number of ether oxygens (including phenoxy) is 1. The van der Waals surface area contributed by atoms with Crippen molar-refractivity contribution in [3.63, 3.8) is 0 Å². The fourth-order valence-electron chi connectivity index (χ4n) is 2.69. The molecular weight excluding hydrogens is 336 g/mol. The number of hydrogen-bond donors (Lipinski definition) is 1. The van der Waals surface area contributed by atoms with Gasteiger partial charge in [0, 0.05) is 19.6 Å². The molecule has 0 bridgehead atoms. The first-order chi connectivity index (χ1) is 11.6. The highest BCUT2D eigenvalue weighted by molar-refractivity contribution is 5.85. The predicted molar refractivity (Wildman–Crippen MR) is 104 cm³/mol. The summed E-state index contributed by atoms with van der Waals surface area (Å²) >= 11 is 0. The van der Waals surface area contributed by atoms with Gasteiger partial charge in [-0.25, -0.2) is 0 Å². The second-order valence-corrected chi connectivity index (χ2v) is 5.89. The molecule has 0 aliphatic rings. The summed E-state index contributed by atoms with van der Waals surface area (Å²) < 4.78 is 5.34. The molecule has 0 atom stereocenters. The Morgan fingerprint density at radius 1 is 1.08 bits per heavy atom. The van der Waals surface area contributed by atoms with Gasteiger partial charge in [0.25, 0.3) is 0 Å². The minimum absolute atomic E-state index is 0. The highest BCUT2D eigenvalue weighted by Crippen LogP contribution is 2.19. The lowest BCUT2D eigenvalue weighted by Gasteiger charge is -2.22. The van der Waals surface area contributed by atoms with E-state index in [2.05, 4.69) is 12.1 Å². The van der Waals surface area contributed by atoms with Crippen LogP contribution >= 0.6 is 12.4 Å². The van der Waals surface area contributed by atoms with E-state index in [1.165, 1.54) is 5.56 Å². The van der Waals surface area contributed by atoms with Crippen LogP contribution < -0.4 is 10.5 Å². The summed E-state index contributed by atoms with van der Waals surface area (Å²) in [5.41, 5.74) is 8.94. The molecule has 2 aromatic carbocycles. The van der Waals surface area contributed by atoms with Crippen LogP contribution in [0.15, 0.2) is 48.5 Å². The quantitative estimate of drug-likeness (QED) is 0.785. The van der Waals surface area contributed by atoms with Gasteiger partial charge >= 0.3 is 0 Å². The molecule has 5 heteroatoms. The predicted octanol–water partition coefficient (Wildman–Crippen LogP) is 3.00. The van der Waals surface area contributed by atoms with Crippen LogP contribution in [0.2, 0.25) is 0 Å². The summed E-state index contributed by atoms with van der Waals surface area (Å²) in [4.78, 5) is 14.5. The van der Waals surface area contributed by atoms with Gasteiger partial charge in [0.05, 0.1) is 13.5 Å². The topological polar surface area (TPSA) is 55.6 Å². The minimum Gasteiger partial charge on any atom is -0.496 e. The van der Waals surface area contributed by atoms with Crippen molar-refractivity contribution in [1.29, 1.82) is 0 Å². The van der Waals surface area contributed by atoms with Gasteiger partial charge in [0.1, 0.15) is 5.75 Å². The van der Waals surface area contributed by atoms with E-state index in [-0.39, 0.29) is 18.3 Å². The van der Waals surface area contributed by atoms with Gasteiger partial charge in [-0.15, -0.1) is 12.4 Å². The third-order valence-electron chi connectivity index (χ3n) is 4.09. The zero-order valence-electron chi connectivity index (χ0n) is 14.9. The molecule has 0 aliphatic heterocycles. The second kappa shape index (κ2) is 10.7. The third-order valence-corrected chi connectivity index (χ3v) is 4.09. The first-order valence-corrected chi connectivity index (χ1v) is 8.29. The number of rotatable bonds is 8. The Bertz CT molecular complexity index is 662. The summed E-state index contributed by atoms with van der Waals surface area (Å²) in [7, 11) is 1.65.